The summed E-state index contributed by atoms with van der Waals surface area (Å²) in [6.45, 7) is 0.336. The summed E-state index contributed by atoms with van der Waals surface area (Å²) < 4.78 is 16.2. The van der Waals surface area contributed by atoms with E-state index in [9.17, 15) is 14.0 Å². The molecule has 4 nitrogen and oxygen atoms in total. The van der Waals surface area contributed by atoms with Gasteiger partial charge in [0, 0.05) is 43.8 Å². The first-order chi connectivity index (χ1) is 16.4. The van der Waals surface area contributed by atoms with Crippen molar-refractivity contribution in [1.29, 1.82) is 0 Å². The molecule has 1 saturated heterocycles. The number of thioether (sulfide) groups is 1. The Hall–Kier alpha value is -3.06. The summed E-state index contributed by atoms with van der Waals surface area (Å²) in [6.07, 6.45) is 3.58. The molecule has 1 aromatic heterocycles. The molecule has 170 valence electrons. The maximum atomic E-state index is 14.2. The van der Waals surface area contributed by atoms with Gasteiger partial charge in [-0.25, -0.2) is 4.39 Å². The number of carbonyl (C=O) groups is 2. The van der Waals surface area contributed by atoms with E-state index in [1.165, 1.54) is 6.07 Å². The van der Waals surface area contributed by atoms with Crippen molar-refractivity contribution in [2.75, 3.05) is 0 Å². The van der Waals surface area contributed by atoms with E-state index in [4.69, 9.17) is 23.2 Å². The van der Waals surface area contributed by atoms with E-state index in [1.54, 1.807) is 42.5 Å². The third-order valence-corrected chi connectivity index (χ3v) is 7.27. The van der Waals surface area contributed by atoms with Crippen molar-refractivity contribution >= 4 is 63.1 Å². The molecule has 0 saturated carbocycles. The second-order valence-electron chi connectivity index (χ2n) is 7.79. The first kappa shape index (κ1) is 22.7. The number of hydrogen-bond acceptors (Lipinski definition) is 3. The SMILES string of the molecule is O=C1S/C(=C\c2cn(Cc3ccccc3F)c3ccccc23)C(=O)N1Cc1c(Cl)cccc1Cl. The molecule has 2 heterocycles. The first-order valence-electron chi connectivity index (χ1n) is 10.4. The topological polar surface area (TPSA) is 42.3 Å². The molecule has 0 bridgehead atoms. The Kier molecular flexibility index (Phi) is 6.21. The van der Waals surface area contributed by atoms with E-state index >= 15 is 0 Å². The number of nitrogens with zero attached hydrogens (tertiary/aromatic N) is 2. The number of imide groups is 1. The van der Waals surface area contributed by atoms with Crippen LogP contribution in [0, 0.1) is 5.82 Å². The molecule has 0 N–H and O–H groups in total. The van der Waals surface area contributed by atoms with Crippen molar-refractivity contribution in [3.8, 4) is 0 Å². The van der Waals surface area contributed by atoms with Gasteiger partial charge in [-0.3, -0.25) is 14.5 Å². The monoisotopic (exact) mass is 510 g/mol. The number of hydrogen-bond donors (Lipinski definition) is 0. The van der Waals surface area contributed by atoms with Crippen molar-refractivity contribution in [2.45, 2.75) is 13.1 Å². The van der Waals surface area contributed by atoms with Crippen LogP contribution < -0.4 is 0 Å². The van der Waals surface area contributed by atoms with Crippen LogP contribution >= 0.6 is 35.0 Å². The van der Waals surface area contributed by atoms with Gasteiger partial charge in [0.25, 0.3) is 11.1 Å². The Labute approximate surface area is 209 Å². The number of halogens is 3. The molecule has 0 radical (unpaired) electrons. The van der Waals surface area contributed by atoms with Gasteiger partial charge >= 0.3 is 0 Å². The number of fused-ring (bicyclic) bond motifs is 1. The fourth-order valence-electron chi connectivity index (χ4n) is 3.95. The molecule has 1 aliphatic rings. The molecule has 0 unspecified atom stereocenters. The molecule has 1 aliphatic heterocycles. The third-order valence-electron chi connectivity index (χ3n) is 5.66. The molecule has 4 aromatic rings. The summed E-state index contributed by atoms with van der Waals surface area (Å²) in [5, 5.41) is 1.31. The molecule has 3 aromatic carbocycles. The summed E-state index contributed by atoms with van der Waals surface area (Å²) in [5.41, 5.74) is 2.76. The lowest BCUT2D eigenvalue weighted by atomic mass is 10.1. The van der Waals surface area contributed by atoms with Gasteiger partial charge in [0.1, 0.15) is 5.82 Å². The third kappa shape index (κ3) is 4.25. The highest BCUT2D eigenvalue weighted by molar-refractivity contribution is 8.18. The van der Waals surface area contributed by atoms with Gasteiger partial charge in [-0.1, -0.05) is 65.7 Å². The fraction of sp³-hybridized carbons (Fsp3) is 0.0769. The predicted molar refractivity (Wildman–Crippen MR) is 135 cm³/mol. The Balaban J connectivity index is 1.48. The zero-order valence-electron chi connectivity index (χ0n) is 17.7. The highest BCUT2D eigenvalue weighted by atomic mass is 35.5. The van der Waals surface area contributed by atoms with E-state index < -0.39 is 5.91 Å². The number of aromatic nitrogens is 1. The molecular formula is C26H17Cl2FN2O2S. The van der Waals surface area contributed by atoms with Crippen LogP contribution in [0.4, 0.5) is 9.18 Å². The van der Waals surface area contributed by atoms with Crippen LogP contribution in [-0.4, -0.2) is 20.6 Å². The number of para-hydroxylation sites is 1. The Morgan fingerprint density at radius 1 is 0.882 bits per heavy atom. The molecule has 8 heteroatoms. The maximum Gasteiger partial charge on any atom is 0.293 e. The minimum atomic E-state index is -0.406. The van der Waals surface area contributed by atoms with Gasteiger partial charge in [-0.05, 0) is 42.1 Å². The molecule has 34 heavy (non-hydrogen) atoms. The minimum absolute atomic E-state index is 0.00441. The summed E-state index contributed by atoms with van der Waals surface area (Å²) in [4.78, 5) is 27.2. The van der Waals surface area contributed by atoms with Crippen molar-refractivity contribution in [2.24, 2.45) is 0 Å². The van der Waals surface area contributed by atoms with E-state index in [0.717, 1.165) is 33.1 Å². The van der Waals surface area contributed by atoms with Gasteiger partial charge < -0.3 is 4.57 Å². The minimum Gasteiger partial charge on any atom is -0.342 e. The van der Waals surface area contributed by atoms with Gasteiger partial charge in [0.2, 0.25) is 0 Å². The second-order valence-corrected chi connectivity index (χ2v) is 9.60. The van der Waals surface area contributed by atoms with Crippen LogP contribution in [0.3, 0.4) is 0 Å². The summed E-state index contributed by atoms with van der Waals surface area (Å²) in [7, 11) is 0. The van der Waals surface area contributed by atoms with Crippen LogP contribution in [-0.2, 0) is 17.9 Å². The van der Waals surface area contributed by atoms with Gasteiger partial charge in [-0.15, -0.1) is 0 Å². The second kappa shape index (κ2) is 9.29. The zero-order chi connectivity index (χ0) is 23.8. The Morgan fingerprint density at radius 3 is 2.35 bits per heavy atom. The van der Waals surface area contributed by atoms with E-state index in [0.29, 0.717) is 32.6 Å². The normalized spacial score (nSPS) is 15.1. The summed E-state index contributed by atoms with van der Waals surface area (Å²) in [5.74, 6) is -0.682. The van der Waals surface area contributed by atoms with Crippen LogP contribution in [0.2, 0.25) is 10.0 Å². The quantitative estimate of drug-likeness (QED) is 0.263. The Morgan fingerprint density at radius 2 is 1.59 bits per heavy atom. The summed E-state index contributed by atoms with van der Waals surface area (Å²) in [6, 6.07) is 19.4. The predicted octanol–water partition coefficient (Wildman–Crippen LogP) is 7.37. The smallest absolute Gasteiger partial charge is 0.293 e. The van der Waals surface area contributed by atoms with Gasteiger partial charge in [0.05, 0.1) is 18.0 Å². The average molecular weight is 511 g/mol. The van der Waals surface area contributed by atoms with Crippen molar-refractivity contribution in [1.82, 2.24) is 9.47 Å². The van der Waals surface area contributed by atoms with E-state index in [2.05, 4.69) is 0 Å². The molecule has 1 fully saturated rings. The maximum absolute atomic E-state index is 14.2. The standard InChI is InChI=1S/C26H17Cl2FN2O2S/c27-20-8-5-9-21(28)19(20)15-31-25(32)24(34-26(31)33)12-17-14-30(23-11-4-2-7-18(17)23)13-16-6-1-3-10-22(16)29/h1-12,14H,13,15H2/b24-12-. The van der Waals surface area contributed by atoms with Crippen LogP contribution in [0.1, 0.15) is 16.7 Å². The van der Waals surface area contributed by atoms with Crippen molar-refractivity contribution in [3.63, 3.8) is 0 Å². The lowest BCUT2D eigenvalue weighted by Gasteiger charge is -2.14. The lowest BCUT2D eigenvalue weighted by Crippen LogP contribution is -2.27. The number of amides is 2. The van der Waals surface area contributed by atoms with E-state index in [1.807, 2.05) is 35.0 Å². The van der Waals surface area contributed by atoms with Crippen molar-refractivity contribution in [3.05, 3.63) is 110 Å². The average Bonchev–Trinajstić information content (AvgIpc) is 3.29. The molecule has 5 rings (SSSR count). The van der Waals surface area contributed by atoms with E-state index in [-0.39, 0.29) is 17.6 Å². The molecule has 0 aliphatic carbocycles. The van der Waals surface area contributed by atoms with Gasteiger partial charge in [0.15, 0.2) is 0 Å². The molecule has 2 amide bonds. The lowest BCUT2D eigenvalue weighted by molar-refractivity contribution is -0.123. The Bertz CT molecular complexity index is 1460. The highest BCUT2D eigenvalue weighted by Gasteiger charge is 2.36. The summed E-state index contributed by atoms with van der Waals surface area (Å²) >= 11 is 13.3. The fourth-order valence-corrected chi connectivity index (χ4v) is 5.30. The largest absolute Gasteiger partial charge is 0.342 e. The van der Waals surface area contributed by atoms with Crippen molar-refractivity contribution < 1.29 is 14.0 Å². The van der Waals surface area contributed by atoms with Crippen LogP contribution in [0.25, 0.3) is 17.0 Å². The zero-order valence-corrected chi connectivity index (χ0v) is 20.0. The molecule has 0 spiro atoms. The van der Waals surface area contributed by atoms with Crippen LogP contribution in [0.5, 0.6) is 0 Å². The number of benzene rings is 3. The van der Waals surface area contributed by atoms with Crippen LogP contribution in [0.15, 0.2) is 77.8 Å². The number of rotatable bonds is 5. The number of carbonyl (C=O) groups excluding carboxylic acids is 2. The molecule has 0 atom stereocenters. The molecular weight excluding hydrogens is 494 g/mol. The highest BCUT2D eigenvalue weighted by Crippen LogP contribution is 2.37. The van der Waals surface area contributed by atoms with Gasteiger partial charge in [-0.2, -0.15) is 0 Å². The first-order valence-corrected chi connectivity index (χ1v) is 12.0.